The van der Waals surface area contributed by atoms with Crippen LogP contribution in [0.5, 0.6) is 0 Å². The molecule has 0 saturated carbocycles. The van der Waals surface area contributed by atoms with Gasteiger partial charge in [0.1, 0.15) is 24.4 Å². The molecule has 4 atom stereocenters. The van der Waals surface area contributed by atoms with Crippen LogP contribution in [0, 0.1) is 0 Å². The molecule has 0 aromatic rings. The van der Waals surface area contributed by atoms with Gasteiger partial charge in [0.25, 0.3) is 0 Å². The van der Waals surface area contributed by atoms with E-state index >= 15 is 0 Å². The molecule has 3 aliphatic heterocycles. The predicted molar refractivity (Wildman–Crippen MR) is 378 cm³/mol. The molecular weight excluding hydrogens is 1050 g/mol. The molecule has 496 valence electrons. The van der Waals surface area contributed by atoms with Crippen molar-refractivity contribution in [1.29, 1.82) is 0 Å². The van der Waals surface area contributed by atoms with Gasteiger partial charge in [-0.3, -0.25) is 0 Å². The highest BCUT2D eigenvalue weighted by molar-refractivity contribution is 5.03. The summed E-state index contributed by atoms with van der Waals surface area (Å²) in [7, 11) is 2.28. The average molecular weight is 1200 g/mol. The molecule has 0 spiro atoms. The van der Waals surface area contributed by atoms with Crippen molar-refractivity contribution in [2.24, 2.45) is 0 Å². The van der Waals surface area contributed by atoms with E-state index in [0.717, 1.165) is 64.5 Å². The Morgan fingerprint density at radius 3 is 0.674 bits per heavy atom. The van der Waals surface area contributed by atoms with E-state index in [1.54, 1.807) is 0 Å². The Hall–Kier alpha value is -2.28. The standard InChI is InChI=1S/C81H143NO4/c1-6-10-14-18-22-26-30-34-38-42-46-50-54-58-62-66-70-80(71-67-63-59-55-51-47-43-39-35-31-27-23-19-15-11-7-2)83-76-74-82(5)75-77-79(78(76)85-80)86-81(84-77,72-68-64-60-56-52-48-44-40-36-32-28-24-20-16-12-8-3)73-69-65-61-57-53-49-45-41-37-33-29-25-21-17-13-9-4/h22-29,34-41,76-79H,6-21,30-33,42-75H2,1-5H3/b26-22-,27-23-,28-24-,29-25-,38-34-,39-35-,40-36-,41-37-/t76-,77?,78-,79-/m1/s1. The third-order valence-electron chi connectivity index (χ3n) is 18.5. The molecule has 3 saturated heterocycles. The molecule has 86 heavy (non-hydrogen) atoms. The number of ether oxygens (including phenoxy) is 4. The second-order valence-electron chi connectivity index (χ2n) is 26.9. The lowest BCUT2D eigenvalue weighted by Crippen LogP contribution is -2.42. The lowest BCUT2D eigenvalue weighted by molar-refractivity contribution is -0.211. The number of likely N-dealkylation sites (tertiary alicyclic amines) is 1. The summed E-state index contributed by atoms with van der Waals surface area (Å²) in [5, 5.41) is 0. The SMILES string of the molecule is CCCCC/C=C\C/C=C\CCCCCCCCC1(CCCCCCCC/C=C\C/C=C\CCCCC)OC2CN(C)C[C@H]3OC(CCCCCCCC/C=C\C/C=C\CCCCC)(CCCCCCCC/C=C\C/C=C\CCCCC)O[C@H]3[C@@H]2O1. The minimum Gasteiger partial charge on any atom is -0.343 e. The van der Waals surface area contributed by atoms with Crippen LogP contribution in [0.15, 0.2) is 97.2 Å². The van der Waals surface area contributed by atoms with Crippen LogP contribution in [-0.4, -0.2) is 61.0 Å². The van der Waals surface area contributed by atoms with E-state index in [-0.39, 0.29) is 24.4 Å². The van der Waals surface area contributed by atoms with Gasteiger partial charge in [-0.05, 0) is 161 Å². The maximum absolute atomic E-state index is 7.51. The van der Waals surface area contributed by atoms with Gasteiger partial charge in [-0.1, -0.05) is 279 Å². The molecule has 0 amide bonds. The zero-order valence-corrected chi connectivity index (χ0v) is 57.8. The van der Waals surface area contributed by atoms with Crippen molar-refractivity contribution in [3.8, 4) is 0 Å². The Balaban J connectivity index is 1.58. The molecule has 0 aliphatic carbocycles. The summed E-state index contributed by atoms with van der Waals surface area (Å²) in [6.07, 6.45) is 102. The molecule has 1 unspecified atom stereocenters. The minimum absolute atomic E-state index is 0.00678. The monoisotopic (exact) mass is 1190 g/mol. The van der Waals surface area contributed by atoms with Crippen LogP contribution < -0.4 is 0 Å². The van der Waals surface area contributed by atoms with Crippen LogP contribution in [0.4, 0.5) is 0 Å². The Bertz CT molecular complexity index is 1520. The van der Waals surface area contributed by atoms with Crippen molar-refractivity contribution in [1.82, 2.24) is 4.90 Å². The van der Waals surface area contributed by atoms with Crippen LogP contribution in [0.3, 0.4) is 0 Å². The highest BCUT2D eigenvalue weighted by atomic mass is 16.8. The second-order valence-corrected chi connectivity index (χ2v) is 26.9. The molecule has 3 heterocycles. The molecule has 0 N–H and O–H groups in total. The molecule has 0 radical (unpaired) electrons. The number of fused-ring (bicyclic) bond motifs is 3. The molecule has 3 aliphatic rings. The van der Waals surface area contributed by atoms with Gasteiger partial charge in [-0.25, -0.2) is 0 Å². The van der Waals surface area contributed by atoms with Gasteiger partial charge in [0.15, 0.2) is 11.6 Å². The summed E-state index contributed by atoms with van der Waals surface area (Å²) >= 11 is 0. The zero-order chi connectivity index (χ0) is 61.2. The van der Waals surface area contributed by atoms with Crippen LogP contribution in [0.25, 0.3) is 0 Å². The molecule has 3 fully saturated rings. The highest BCUT2D eigenvalue weighted by Gasteiger charge is 2.59. The number of nitrogens with zero attached hydrogens (tertiary/aromatic N) is 1. The van der Waals surface area contributed by atoms with Crippen molar-refractivity contribution in [3.05, 3.63) is 97.2 Å². The number of allylic oxidation sites excluding steroid dienone is 16. The van der Waals surface area contributed by atoms with E-state index < -0.39 is 11.6 Å². The van der Waals surface area contributed by atoms with E-state index in [0.29, 0.717) is 0 Å². The summed E-state index contributed by atoms with van der Waals surface area (Å²) < 4.78 is 29.8. The van der Waals surface area contributed by atoms with Gasteiger partial charge in [0, 0.05) is 38.8 Å². The lowest BCUT2D eigenvalue weighted by atomic mass is 9.98. The average Bonchev–Trinajstić information content (AvgIpc) is 2.01. The van der Waals surface area contributed by atoms with Crippen LogP contribution >= 0.6 is 0 Å². The van der Waals surface area contributed by atoms with Gasteiger partial charge in [0.05, 0.1) is 0 Å². The first-order valence-electron chi connectivity index (χ1n) is 38.1. The first-order chi connectivity index (χ1) is 42.5. The zero-order valence-electron chi connectivity index (χ0n) is 57.8. The number of hydrogen-bond acceptors (Lipinski definition) is 5. The van der Waals surface area contributed by atoms with E-state index in [9.17, 15) is 0 Å². The first-order valence-corrected chi connectivity index (χ1v) is 38.1. The van der Waals surface area contributed by atoms with E-state index in [2.05, 4.69) is 137 Å². The van der Waals surface area contributed by atoms with Gasteiger partial charge >= 0.3 is 0 Å². The summed E-state index contributed by atoms with van der Waals surface area (Å²) in [6, 6.07) is 0. The topological polar surface area (TPSA) is 40.2 Å². The smallest absolute Gasteiger partial charge is 0.169 e. The summed E-state index contributed by atoms with van der Waals surface area (Å²) in [4.78, 5) is 2.48. The molecular formula is C81H143NO4. The van der Waals surface area contributed by atoms with Crippen LogP contribution in [0.2, 0.25) is 0 Å². The third kappa shape index (κ3) is 41.2. The lowest BCUT2D eigenvalue weighted by Gasteiger charge is -2.31. The maximum Gasteiger partial charge on any atom is 0.169 e. The number of hydrogen-bond donors (Lipinski definition) is 0. The fourth-order valence-corrected chi connectivity index (χ4v) is 13.2. The maximum atomic E-state index is 7.51. The normalized spacial score (nSPS) is 20.0. The quantitative estimate of drug-likeness (QED) is 0.0448. The molecule has 3 rings (SSSR count). The fraction of sp³-hybridized carbons (Fsp3) is 0.802. The fourth-order valence-electron chi connectivity index (χ4n) is 13.2. The van der Waals surface area contributed by atoms with Gasteiger partial charge in [0.2, 0.25) is 0 Å². The van der Waals surface area contributed by atoms with Crippen molar-refractivity contribution in [3.63, 3.8) is 0 Å². The summed E-state index contributed by atoms with van der Waals surface area (Å²) in [6.45, 7) is 10.9. The van der Waals surface area contributed by atoms with Crippen LogP contribution in [0.1, 0.15) is 362 Å². The Labute approximate surface area is 536 Å². The molecule has 0 aromatic heterocycles. The number of unbranched alkanes of at least 4 members (excludes halogenated alkanes) is 36. The largest absolute Gasteiger partial charge is 0.343 e. The van der Waals surface area contributed by atoms with Crippen molar-refractivity contribution >= 4 is 0 Å². The Morgan fingerprint density at radius 1 is 0.256 bits per heavy atom. The van der Waals surface area contributed by atoms with Crippen molar-refractivity contribution in [2.75, 3.05) is 20.1 Å². The minimum atomic E-state index is -0.529. The van der Waals surface area contributed by atoms with E-state index in [1.807, 2.05) is 0 Å². The highest BCUT2D eigenvalue weighted by Crippen LogP contribution is 2.47. The van der Waals surface area contributed by atoms with Crippen LogP contribution in [-0.2, 0) is 18.9 Å². The van der Waals surface area contributed by atoms with Gasteiger partial charge in [-0.15, -0.1) is 0 Å². The van der Waals surface area contributed by atoms with Gasteiger partial charge < -0.3 is 23.8 Å². The molecule has 5 heteroatoms. The first kappa shape index (κ1) is 78.0. The van der Waals surface area contributed by atoms with Gasteiger partial charge in [-0.2, -0.15) is 0 Å². The molecule has 0 bridgehead atoms. The summed E-state index contributed by atoms with van der Waals surface area (Å²) in [5.41, 5.74) is 0. The van der Waals surface area contributed by atoms with Crippen molar-refractivity contribution < 1.29 is 18.9 Å². The predicted octanol–water partition coefficient (Wildman–Crippen LogP) is 25.7. The Kier molecular flexibility index (Phi) is 51.4. The van der Waals surface area contributed by atoms with E-state index in [1.165, 1.54) is 283 Å². The summed E-state index contributed by atoms with van der Waals surface area (Å²) in [5.74, 6) is -1.06. The molecule has 0 aromatic carbocycles. The number of likely N-dealkylation sites (N-methyl/N-ethyl adjacent to an activating group) is 1. The number of rotatable bonds is 60. The Morgan fingerprint density at radius 2 is 0.453 bits per heavy atom. The van der Waals surface area contributed by atoms with E-state index in [4.69, 9.17) is 18.9 Å². The molecule has 5 nitrogen and oxygen atoms in total. The van der Waals surface area contributed by atoms with Crippen molar-refractivity contribution in [2.45, 2.75) is 398 Å². The third-order valence-corrected chi connectivity index (χ3v) is 18.5. The second kappa shape index (κ2) is 56.7.